The Balaban J connectivity index is 1.92. The first-order valence-corrected chi connectivity index (χ1v) is 10.7. The number of hydrogen-bond acceptors (Lipinski definition) is 9. The topological polar surface area (TPSA) is 155 Å². The highest BCUT2D eigenvalue weighted by Crippen LogP contribution is 2.51. The van der Waals surface area contributed by atoms with Gasteiger partial charge in [-0.1, -0.05) is 13.8 Å². The van der Waals surface area contributed by atoms with Crippen molar-refractivity contribution in [3.05, 3.63) is 12.7 Å². The Morgan fingerprint density at radius 1 is 1.32 bits per heavy atom. The van der Waals surface area contributed by atoms with Gasteiger partial charge in [0.2, 0.25) is 0 Å². The van der Waals surface area contributed by atoms with E-state index < -0.39 is 37.8 Å². The van der Waals surface area contributed by atoms with Crippen molar-refractivity contribution in [2.75, 3.05) is 12.3 Å². The Labute approximate surface area is 162 Å². The molecule has 0 spiro atoms. The van der Waals surface area contributed by atoms with Gasteiger partial charge < -0.3 is 25.2 Å². The normalized spacial score (nSPS) is 27.7. The van der Waals surface area contributed by atoms with Crippen LogP contribution in [-0.2, 0) is 18.6 Å². The number of ether oxygens (including phenoxy) is 2. The number of nitrogens with two attached hydrogens (primary N) is 1. The van der Waals surface area contributed by atoms with Crippen molar-refractivity contribution in [1.29, 1.82) is 0 Å². The van der Waals surface area contributed by atoms with Crippen LogP contribution in [0.1, 0.15) is 33.9 Å². The van der Waals surface area contributed by atoms with Crippen LogP contribution in [0.2, 0.25) is 0 Å². The molecule has 2 aromatic heterocycles. The molecule has 156 valence electrons. The molecule has 2 aromatic rings. The summed E-state index contributed by atoms with van der Waals surface area (Å²) in [5.41, 5.74) is 5.92. The van der Waals surface area contributed by atoms with Gasteiger partial charge in [0.05, 0.1) is 24.7 Å². The monoisotopic (exact) mass is 415 g/mol. The van der Waals surface area contributed by atoms with Gasteiger partial charge in [-0.3, -0.25) is 13.7 Å². The van der Waals surface area contributed by atoms with Crippen LogP contribution in [0.5, 0.6) is 0 Å². The highest BCUT2D eigenvalue weighted by molar-refractivity contribution is 7.53. The fourth-order valence-corrected chi connectivity index (χ4v) is 3.71. The zero-order valence-corrected chi connectivity index (χ0v) is 17.1. The highest BCUT2D eigenvalue weighted by Gasteiger charge is 2.49. The number of hydrogen-bond donors (Lipinski definition) is 3. The first-order chi connectivity index (χ1) is 13.1. The zero-order chi connectivity index (χ0) is 20.6. The fourth-order valence-electron chi connectivity index (χ4n) is 2.85. The van der Waals surface area contributed by atoms with Gasteiger partial charge in [-0.15, -0.1) is 0 Å². The minimum Gasteiger partial charge on any atom is -0.386 e. The molecule has 1 fully saturated rings. The summed E-state index contributed by atoms with van der Waals surface area (Å²) in [6.45, 7) is 6.93. The average molecular weight is 415 g/mol. The maximum Gasteiger partial charge on any atom is 0.331 e. The third-order valence-electron chi connectivity index (χ3n) is 4.49. The summed E-state index contributed by atoms with van der Waals surface area (Å²) >= 11 is 0. The van der Waals surface area contributed by atoms with Crippen LogP contribution in [-0.4, -0.2) is 66.2 Å². The number of aliphatic hydroxyl groups excluding tert-OH is 1. The lowest BCUT2D eigenvalue weighted by Gasteiger charge is -2.25. The number of nitrogen functional groups attached to an aromatic ring is 1. The van der Waals surface area contributed by atoms with Crippen LogP contribution in [0.25, 0.3) is 11.2 Å². The van der Waals surface area contributed by atoms with E-state index in [9.17, 15) is 14.6 Å². The molecule has 0 aliphatic carbocycles. The second kappa shape index (κ2) is 8.02. The number of aliphatic hydroxyl groups is 1. The number of fused-ring (bicyclic) bond motifs is 1. The SMILES string of the molecule is CC(C)OC[C@H]1O[C@@H](n2cnc3c(N)ncnc32)C(O)[C@H]1OP(=O)(O)C(C)C. The number of rotatable bonds is 7. The van der Waals surface area contributed by atoms with Crippen molar-refractivity contribution in [2.24, 2.45) is 0 Å². The Kier molecular flexibility index (Phi) is 6.04. The quantitative estimate of drug-likeness (QED) is 0.559. The van der Waals surface area contributed by atoms with E-state index in [0.717, 1.165) is 0 Å². The van der Waals surface area contributed by atoms with E-state index in [2.05, 4.69) is 15.0 Å². The molecule has 28 heavy (non-hydrogen) atoms. The minimum atomic E-state index is -3.96. The molecule has 1 aliphatic heterocycles. The lowest BCUT2D eigenvalue weighted by molar-refractivity contribution is -0.0742. The molecule has 5 atom stereocenters. The number of aromatic nitrogens is 4. The van der Waals surface area contributed by atoms with Crippen LogP contribution in [0.3, 0.4) is 0 Å². The summed E-state index contributed by atoms with van der Waals surface area (Å²) in [7, 11) is -3.96. The highest BCUT2D eigenvalue weighted by atomic mass is 31.2. The van der Waals surface area contributed by atoms with Crippen LogP contribution >= 0.6 is 7.60 Å². The molecule has 1 saturated heterocycles. The Morgan fingerprint density at radius 2 is 2.04 bits per heavy atom. The average Bonchev–Trinajstić information content (AvgIpc) is 3.16. The van der Waals surface area contributed by atoms with E-state index in [1.807, 2.05) is 13.8 Å². The molecule has 2 unspecified atom stereocenters. The van der Waals surface area contributed by atoms with Gasteiger partial charge in [0.15, 0.2) is 17.7 Å². The summed E-state index contributed by atoms with van der Waals surface area (Å²) < 4.78 is 30.9. The van der Waals surface area contributed by atoms with Crippen LogP contribution < -0.4 is 5.73 Å². The summed E-state index contributed by atoms with van der Waals surface area (Å²) in [6.07, 6.45) is -1.42. The molecular weight excluding hydrogens is 389 g/mol. The largest absolute Gasteiger partial charge is 0.386 e. The molecule has 3 rings (SSSR count). The van der Waals surface area contributed by atoms with Crippen molar-refractivity contribution in [3.63, 3.8) is 0 Å². The molecular formula is C16H26N5O6P. The number of anilines is 1. The van der Waals surface area contributed by atoms with Crippen LogP contribution in [0.15, 0.2) is 12.7 Å². The van der Waals surface area contributed by atoms with Gasteiger partial charge in [0.25, 0.3) is 0 Å². The van der Waals surface area contributed by atoms with Crippen molar-refractivity contribution in [1.82, 2.24) is 19.5 Å². The molecule has 3 heterocycles. The summed E-state index contributed by atoms with van der Waals surface area (Å²) in [4.78, 5) is 22.4. The third-order valence-corrected chi connectivity index (χ3v) is 6.34. The van der Waals surface area contributed by atoms with E-state index in [1.165, 1.54) is 17.2 Å². The molecule has 0 bridgehead atoms. The summed E-state index contributed by atoms with van der Waals surface area (Å²) in [5, 5.41) is 10.9. The fraction of sp³-hybridized carbons (Fsp3) is 0.688. The van der Waals surface area contributed by atoms with Gasteiger partial charge in [-0.25, -0.2) is 15.0 Å². The van der Waals surface area contributed by atoms with Crippen molar-refractivity contribution >= 4 is 24.6 Å². The van der Waals surface area contributed by atoms with Crippen molar-refractivity contribution in [3.8, 4) is 0 Å². The smallest absolute Gasteiger partial charge is 0.331 e. The zero-order valence-electron chi connectivity index (χ0n) is 16.2. The standard InChI is InChI=1S/C16H26N5O6P/c1-8(2)25-5-10-13(27-28(23,24)9(3)4)12(22)16(26-10)21-7-20-11-14(17)18-6-19-15(11)21/h6-10,12-13,16,22H,5H2,1-4H3,(H,23,24)(H2,17,18,19)/t10-,12?,13+,16-/m1/s1. The van der Waals surface area contributed by atoms with Crippen LogP contribution in [0.4, 0.5) is 5.82 Å². The van der Waals surface area contributed by atoms with Gasteiger partial charge in [-0.2, -0.15) is 0 Å². The summed E-state index contributed by atoms with van der Waals surface area (Å²) in [6, 6.07) is 0. The third kappa shape index (κ3) is 4.05. The van der Waals surface area contributed by atoms with Crippen molar-refractivity contribution in [2.45, 2.75) is 64.0 Å². The molecule has 0 radical (unpaired) electrons. The van der Waals surface area contributed by atoms with Crippen molar-refractivity contribution < 1.29 is 28.6 Å². The predicted octanol–water partition coefficient (Wildman–Crippen LogP) is 1.07. The van der Waals surface area contributed by atoms with E-state index >= 15 is 0 Å². The van der Waals surface area contributed by atoms with Crippen LogP contribution in [0, 0.1) is 0 Å². The molecule has 0 amide bonds. The lowest BCUT2D eigenvalue weighted by atomic mass is 10.1. The lowest BCUT2D eigenvalue weighted by Crippen LogP contribution is -2.37. The Hall–Kier alpha value is -1.62. The molecule has 0 saturated carbocycles. The molecule has 4 N–H and O–H groups in total. The van der Waals surface area contributed by atoms with Gasteiger partial charge in [0.1, 0.15) is 30.2 Å². The first-order valence-electron chi connectivity index (χ1n) is 9.00. The number of imidazole rings is 1. The molecule has 0 aromatic carbocycles. The van der Waals surface area contributed by atoms with E-state index in [0.29, 0.717) is 11.2 Å². The van der Waals surface area contributed by atoms with Gasteiger partial charge in [-0.05, 0) is 13.8 Å². The predicted molar refractivity (Wildman–Crippen MR) is 101 cm³/mol. The maximum absolute atomic E-state index is 12.4. The van der Waals surface area contributed by atoms with E-state index in [4.69, 9.17) is 19.7 Å². The maximum atomic E-state index is 12.4. The second-order valence-electron chi connectivity index (χ2n) is 7.25. The second-order valence-corrected chi connectivity index (χ2v) is 9.62. The molecule has 1 aliphatic rings. The molecule has 11 nitrogen and oxygen atoms in total. The molecule has 12 heteroatoms. The van der Waals surface area contributed by atoms with E-state index in [-0.39, 0.29) is 18.5 Å². The minimum absolute atomic E-state index is 0.0811. The summed E-state index contributed by atoms with van der Waals surface area (Å²) in [5.74, 6) is 0.198. The first kappa shape index (κ1) is 21.1. The Bertz CT molecular complexity index is 874. The van der Waals surface area contributed by atoms with E-state index in [1.54, 1.807) is 13.8 Å². The van der Waals surface area contributed by atoms with Gasteiger partial charge in [0, 0.05) is 0 Å². The number of nitrogens with zero attached hydrogens (tertiary/aromatic N) is 4. The Morgan fingerprint density at radius 3 is 2.68 bits per heavy atom. The van der Waals surface area contributed by atoms with Gasteiger partial charge >= 0.3 is 7.60 Å².